The van der Waals surface area contributed by atoms with Crippen LogP contribution < -0.4 is 5.32 Å². The summed E-state index contributed by atoms with van der Waals surface area (Å²) in [5.41, 5.74) is 3.95. The third-order valence-corrected chi connectivity index (χ3v) is 3.64. The first-order valence-electron chi connectivity index (χ1n) is 7.69. The van der Waals surface area contributed by atoms with Crippen LogP contribution in [0.5, 0.6) is 0 Å². The normalized spacial score (nSPS) is 11.2. The minimum absolute atomic E-state index is 0.919. The van der Waals surface area contributed by atoms with Gasteiger partial charge < -0.3 is 9.73 Å². The van der Waals surface area contributed by atoms with Crippen molar-refractivity contribution in [1.29, 1.82) is 0 Å². The Balaban J connectivity index is 1.83. The number of benzene rings is 1. The molecule has 0 amide bonds. The lowest BCUT2D eigenvalue weighted by molar-refractivity contribution is 0.316. The minimum atomic E-state index is 0.919. The molecule has 0 aliphatic rings. The van der Waals surface area contributed by atoms with Crippen LogP contribution in [0, 0.1) is 6.92 Å². The van der Waals surface area contributed by atoms with Crippen molar-refractivity contribution in [2.24, 2.45) is 0 Å². The van der Waals surface area contributed by atoms with Gasteiger partial charge in [-0.2, -0.15) is 0 Å². The van der Waals surface area contributed by atoms with Gasteiger partial charge in [0.2, 0.25) is 0 Å². The Morgan fingerprint density at radius 3 is 2.38 bits per heavy atom. The van der Waals surface area contributed by atoms with Crippen molar-refractivity contribution in [2.75, 3.05) is 13.6 Å². The fourth-order valence-electron chi connectivity index (χ4n) is 2.41. The van der Waals surface area contributed by atoms with E-state index in [2.05, 4.69) is 48.5 Å². The maximum atomic E-state index is 5.34. The monoisotopic (exact) mass is 286 g/mol. The van der Waals surface area contributed by atoms with Crippen molar-refractivity contribution in [3.8, 4) is 0 Å². The molecule has 0 aliphatic heterocycles. The van der Waals surface area contributed by atoms with E-state index in [4.69, 9.17) is 4.42 Å². The SMILES string of the molecule is CCCNCc1ccc(CN(C)Cc2ccoc2C)cc1. The summed E-state index contributed by atoms with van der Waals surface area (Å²) in [4.78, 5) is 2.31. The third kappa shape index (κ3) is 5.03. The van der Waals surface area contributed by atoms with E-state index in [1.165, 1.54) is 23.1 Å². The molecule has 3 nitrogen and oxygen atoms in total. The zero-order valence-electron chi connectivity index (χ0n) is 13.4. The van der Waals surface area contributed by atoms with Crippen LogP contribution >= 0.6 is 0 Å². The second-order valence-corrected chi connectivity index (χ2v) is 5.67. The molecule has 1 aromatic heterocycles. The Bertz CT molecular complexity index is 530. The van der Waals surface area contributed by atoms with Crippen LogP contribution in [0.2, 0.25) is 0 Å². The van der Waals surface area contributed by atoms with Gasteiger partial charge in [0, 0.05) is 25.2 Å². The summed E-state index contributed by atoms with van der Waals surface area (Å²) in [6.07, 6.45) is 2.94. The first-order valence-corrected chi connectivity index (χ1v) is 7.69. The molecule has 2 aromatic rings. The lowest BCUT2D eigenvalue weighted by Gasteiger charge is -2.16. The molecule has 21 heavy (non-hydrogen) atoms. The molecule has 1 heterocycles. The summed E-state index contributed by atoms with van der Waals surface area (Å²) in [5.74, 6) is 1.01. The molecule has 0 bridgehead atoms. The van der Waals surface area contributed by atoms with Crippen molar-refractivity contribution in [2.45, 2.75) is 39.9 Å². The fraction of sp³-hybridized carbons (Fsp3) is 0.444. The molecule has 0 fully saturated rings. The standard InChI is InChI=1S/C18H26N2O/c1-4-10-19-12-16-5-7-17(8-6-16)13-20(3)14-18-9-11-21-15(18)2/h5-9,11,19H,4,10,12-14H2,1-3H3. The summed E-state index contributed by atoms with van der Waals surface area (Å²) in [7, 11) is 2.14. The molecular weight excluding hydrogens is 260 g/mol. The quantitative estimate of drug-likeness (QED) is 0.750. The second kappa shape index (κ2) is 8.01. The van der Waals surface area contributed by atoms with Crippen LogP contribution in [-0.2, 0) is 19.6 Å². The summed E-state index contributed by atoms with van der Waals surface area (Å²) in [5, 5.41) is 3.43. The van der Waals surface area contributed by atoms with Crippen molar-refractivity contribution in [1.82, 2.24) is 10.2 Å². The maximum absolute atomic E-state index is 5.34. The highest BCUT2D eigenvalue weighted by Gasteiger charge is 2.06. The van der Waals surface area contributed by atoms with E-state index in [9.17, 15) is 0 Å². The fourth-order valence-corrected chi connectivity index (χ4v) is 2.41. The number of nitrogens with one attached hydrogen (secondary N) is 1. The van der Waals surface area contributed by atoms with E-state index in [-0.39, 0.29) is 0 Å². The van der Waals surface area contributed by atoms with Crippen LogP contribution in [0.4, 0.5) is 0 Å². The summed E-state index contributed by atoms with van der Waals surface area (Å²) in [6, 6.07) is 10.9. The minimum Gasteiger partial charge on any atom is -0.469 e. The van der Waals surface area contributed by atoms with Crippen LogP contribution in [0.3, 0.4) is 0 Å². The van der Waals surface area contributed by atoms with Crippen molar-refractivity contribution in [3.63, 3.8) is 0 Å². The lowest BCUT2D eigenvalue weighted by atomic mass is 10.1. The molecule has 1 aromatic carbocycles. The van der Waals surface area contributed by atoms with E-state index in [0.717, 1.165) is 31.9 Å². The van der Waals surface area contributed by atoms with Gasteiger partial charge in [0.05, 0.1) is 6.26 Å². The smallest absolute Gasteiger partial charge is 0.105 e. The molecule has 0 unspecified atom stereocenters. The zero-order chi connectivity index (χ0) is 15.1. The van der Waals surface area contributed by atoms with E-state index >= 15 is 0 Å². The molecule has 0 aliphatic carbocycles. The van der Waals surface area contributed by atoms with Gasteiger partial charge in [-0.1, -0.05) is 31.2 Å². The molecule has 114 valence electrons. The first kappa shape index (κ1) is 15.8. The van der Waals surface area contributed by atoms with Crippen LogP contribution in [-0.4, -0.2) is 18.5 Å². The number of rotatable bonds is 8. The lowest BCUT2D eigenvalue weighted by Crippen LogP contribution is -2.17. The number of furan rings is 1. The molecular formula is C18H26N2O. The highest BCUT2D eigenvalue weighted by atomic mass is 16.3. The molecule has 0 spiro atoms. The third-order valence-electron chi connectivity index (χ3n) is 3.64. The second-order valence-electron chi connectivity index (χ2n) is 5.67. The Morgan fingerprint density at radius 1 is 1.05 bits per heavy atom. The Hall–Kier alpha value is -1.58. The topological polar surface area (TPSA) is 28.4 Å². The van der Waals surface area contributed by atoms with Crippen LogP contribution in [0.15, 0.2) is 41.0 Å². The van der Waals surface area contributed by atoms with Crippen molar-refractivity contribution >= 4 is 0 Å². The van der Waals surface area contributed by atoms with Gasteiger partial charge in [-0.25, -0.2) is 0 Å². The van der Waals surface area contributed by atoms with Gasteiger partial charge >= 0.3 is 0 Å². The Kier molecular flexibility index (Phi) is 6.03. The van der Waals surface area contributed by atoms with E-state index in [1.807, 2.05) is 13.0 Å². The van der Waals surface area contributed by atoms with Gasteiger partial charge in [0.25, 0.3) is 0 Å². The Morgan fingerprint density at radius 2 is 1.76 bits per heavy atom. The Labute approximate surface area is 128 Å². The first-order chi connectivity index (χ1) is 10.2. The van der Waals surface area contributed by atoms with Crippen LogP contribution in [0.25, 0.3) is 0 Å². The van der Waals surface area contributed by atoms with Gasteiger partial charge in [-0.15, -0.1) is 0 Å². The van der Waals surface area contributed by atoms with E-state index < -0.39 is 0 Å². The number of aryl methyl sites for hydroxylation is 1. The average molecular weight is 286 g/mol. The van der Waals surface area contributed by atoms with Crippen molar-refractivity contribution < 1.29 is 4.42 Å². The number of hydrogen-bond donors (Lipinski definition) is 1. The molecule has 0 saturated heterocycles. The molecule has 3 heteroatoms. The van der Waals surface area contributed by atoms with Gasteiger partial charge in [-0.3, -0.25) is 4.90 Å². The van der Waals surface area contributed by atoms with E-state index in [1.54, 1.807) is 6.26 Å². The molecule has 0 radical (unpaired) electrons. The predicted octanol–water partition coefficient (Wildman–Crippen LogP) is 3.72. The van der Waals surface area contributed by atoms with Crippen molar-refractivity contribution in [3.05, 3.63) is 59.0 Å². The molecule has 0 atom stereocenters. The maximum Gasteiger partial charge on any atom is 0.105 e. The summed E-state index contributed by atoms with van der Waals surface area (Å²) < 4.78 is 5.34. The largest absolute Gasteiger partial charge is 0.469 e. The zero-order valence-corrected chi connectivity index (χ0v) is 13.4. The molecule has 2 rings (SSSR count). The van der Waals surface area contributed by atoms with E-state index in [0.29, 0.717) is 0 Å². The number of hydrogen-bond acceptors (Lipinski definition) is 3. The molecule has 0 saturated carbocycles. The van der Waals surface area contributed by atoms with Gasteiger partial charge in [0.15, 0.2) is 0 Å². The average Bonchev–Trinajstić information content (AvgIpc) is 2.86. The van der Waals surface area contributed by atoms with Crippen LogP contribution in [0.1, 0.15) is 35.8 Å². The molecule has 1 N–H and O–H groups in total. The highest BCUT2D eigenvalue weighted by molar-refractivity contribution is 5.23. The van der Waals surface area contributed by atoms with Gasteiger partial charge in [0.1, 0.15) is 5.76 Å². The summed E-state index contributed by atoms with van der Waals surface area (Å²) >= 11 is 0. The summed E-state index contributed by atoms with van der Waals surface area (Å²) in [6.45, 7) is 8.11. The highest BCUT2D eigenvalue weighted by Crippen LogP contribution is 2.13. The predicted molar refractivity (Wildman–Crippen MR) is 87.1 cm³/mol. The number of nitrogens with zero attached hydrogens (tertiary/aromatic N) is 1. The van der Waals surface area contributed by atoms with Gasteiger partial charge in [-0.05, 0) is 44.1 Å².